The molecule has 2 N–H and O–H groups in total. The third kappa shape index (κ3) is 4.07. The molecular weight excluding hydrogens is 292 g/mol. The Morgan fingerprint density at radius 2 is 2.06 bits per heavy atom. The van der Waals surface area contributed by atoms with Crippen LogP contribution in [-0.4, -0.2) is 34.3 Å². The van der Waals surface area contributed by atoms with Crippen LogP contribution in [0.15, 0.2) is 4.47 Å². The molecule has 0 radical (unpaired) electrons. The van der Waals surface area contributed by atoms with Crippen molar-refractivity contribution in [1.29, 1.82) is 0 Å². The highest BCUT2D eigenvalue weighted by Crippen LogP contribution is 2.22. The number of nitrogens with zero attached hydrogens (tertiary/aromatic N) is 3. The molecule has 18 heavy (non-hydrogen) atoms. The molecule has 0 aliphatic heterocycles. The average Bonchev–Trinajstić information content (AvgIpc) is 2.63. The Bertz CT molecular complexity index is 362. The molecule has 0 saturated heterocycles. The van der Waals surface area contributed by atoms with Gasteiger partial charge in [-0.1, -0.05) is 20.3 Å². The first-order valence-electron chi connectivity index (χ1n) is 6.76. The predicted octanol–water partition coefficient (Wildman–Crippen LogP) is 2.31. The summed E-state index contributed by atoms with van der Waals surface area (Å²) < 4.78 is 3.14. The number of rotatable bonds is 8. The lowest BCUT2D eigenvalue weighted by Crippen LogP contribution is -2.31. The zero-order valence-corrected chi connectivity index (χ0v) is 13.3. The number of hydrogen-bond acceptors (Lipinski definition) is 3. The molecule has 1 aromatic heterocycles. The fourth-order valence-corrected chi connectivity index (χ4v) is 2.78. The van der Waals surface area contributed by atoms with Crippen molar-refractivity contribution in [1.82, 2.24) is 14.7 Å². The summed E-state index contributed by atoms with van der Waals surface area (Å²) in [6.07, 6.45) is 3.39. The van der Waals surface area contributed by atoms with Gasteiger partial charge in [0.1, 0.15) is 0 Å². The van der Waals surface area contributed by atoms with Gasteiger partial charge in [-0.25, -0.2) is 0 Å². The van der Waals surface area contributed by atoms with Crippen LogP contribution in [0.25, 0.3) is 0 Å². The minimum atomic E-state index is 0.708. The predicted molar refractivity (Wildman–Crippen MR) is 79.5 cm³/mol. The van der Waals surface area contributed by atoms with Crippen LogP contribution in [-0.2, 0) is 20.0 Å². The van der Waals surface area contributed by atoms with E-state index in [1.54, 1.807) is 0 Å². The maximum absolute atomic E-state index is 5.69. The van der Waals surface area contributed by atoms with Crippen molar-refractivity contribution in [2.45, 2.75) is 39.7 Å². The summed E-state index contributed by atoms with van der Waals surface area (Å²) in [4.78, 5) is 2.41. The lowest BCUT2D eigenvalue weighted by atomic mass is 10.2. The van der Waals surface area contributed by atoms with Crippen molar-refractivity contribution in [2.24, 2.45) is 12.8 Å². The second kappa shape index (κ2) is 7.92. The molecule has 0 aliphatic rings. The Labute approximate surface area is 119 Å². The topological polar surface area (TPSA) is 47.1 Å². The quantitative estimate of drug-likeness (QED) is 0.800. The largest absolute Gasteiger partial charge is 0.329 e. The first kappa shape index (κ1) is 15.7. The molecule has 0 unspecified atom stereocenters. The molecule has 0 aliphatic carbocycles. The van der Waals surface area contributed by atoms with Crippen molar-refractivity contribution >= 4 is 15.9 Å². The van der Waals surface area contributed by atoms with Gasteiger partial charge in [-0.15, -0.1) is 0 Å². The molecule has 4 nitrogen and oxygen atoms in total. The van der Waals surface area contributed by atoms with Gasteiger partial charge >= 0.3 is 0 Å². The summed E-state index contributed by atoms with van der Waals surface area (Å²) >= 11 is 3.67. The first-order valence-corrected chi connectivity index (χ1v) is 7.55. The molecule has 1 aromatic rings. The highest BCUT2D eigenvalue weighted by molar-refractivity contribution is 9.10. The van der Waals surface area contributed by atoms with E-state index < -0.39 is 0 Å². The monoisotopic (exact) mass is 316 g/mol. The van der Waals surface area contributed by atoms with Crippen molar-refractivity contribution in [2.75, 3.05) is 19.6 Å². The van der Waals surface area contributed by atoms with Crippen LogP contribution in [0.3, 0.4) is 0 Å². The van der Waals surface area contributed by atoms with Crippen LogP contribution in [0.5, 0.6) is 0 Å². The molecule has 0 atom stereocenters. The van der Waals surface area contributed by atoms with E-state index in [1.165, 1.54) is 18.5 Å². The van der Waals surface area contributed by atoms with Crippen LogP contribution in [0.4, 0.5) is 0 Å². The Hall–Kier alpha value is -0.390. The highest BCUT2D eigenvalue weighted by Gasteiger charge is 2.15. The summed E-state index contributed by atoms with van der Waals surface area (Å²) in [5, 5.41) is 4.53. The van der Waals surface area contributed by atoms with Gasteiger partial charge in [-0.2, -0.15) is 5.10 Å². The molecule has 0 amide bonds. The Balaban J connectivity index is 2.76. The second-order valence-electron chi connectivity index (χ2n) is 4.60. The minimum absolute atomic E-state index is 0.708. The van der Waals surface area contributed by atoms with Crippen LogP contribution in [0, 0.1) is 0 Å². The summed E-state index contributed by atoms with van der Waals surface area (Å²) in [5.41, 5.74) is 8.07. The lowest BCUT2D eigenvalue weighted by molar-refractivity contribution is 0.261. The molecule has 1 rings (SSSR count). The number of halogens is 1. The average molecular weight is 317 g/mol. The van der Waals surface area contributed by atoms with E-state index in [2.05, 4.69) is 39.8 Å². The van der Waals surface area contributed by atoms with E-state index in [0.29, 0.717) is 6.54 Å². The van der Waals surface area contributed by atoms with Gasteiger partial charge in [0.25, 0.3) is 0 Å². The van der Waals surface area contributed by atoms with E-state index in [0.717, 1.165) is 36.2 Å². The fourth-order valence-electron chi connectivity index (χ4n) is 2.04. The Morgan fingerprint density at radius 3 is 2.56 bits per heavy atom. The van der Waals surface area contributed by atoms with Crippen molar-refractivity contribution in [3.63, 3.8) is 0 Å². The van der Waals surface area contributed by atoms with E-state index in [9.17, 15) is 0 Å². The summed E-state index contributed by atoms with van der Waals surface area (Å²) in [6.45, 7) is 8.02. The third-order valence-corrected chi connectivity index (χ3v) is 4.06. The van der Waals surface area contributed by atoms with Gasteiger partial charge in [-0.3, -0.25) is 9.58 Å². The molecule has 1 heterocycles. The van der Waals surface area contributed by atoms with E-state index in [-0.39, 0.29) is 0 Å². The van der Waals surface area contributed by atoms with Crippen LogP contribution in [0.2, 0.25) is 0 Å². The van der Waals surface area contributed by atoms with E-state index >= 15 is 0 Å². The fraction of sp³-hybridized carbons (Fsp3) is 0.769. The molecule has 0 saturated carbocycles. The van der Waals surface area contributed by atoms with E-state index in [4.69, 9.17) is 5.73 Å². The summed E-state index contributed by atoms with van der Waals surface area (Å²) in [5.74, 6) is 0. The smallest absolute Gasteiger partial charge is 0.0767 e. The van der Waals surface area contributed by atoms with Crippen molar-refractivity contribution in [3.05, 3.63) is 15.9 Å². The number of unbranched alkanes of at least 4 members (excludes halogenated alkanes) is 1. The second-order valence-corrected chi connectivity index (χ2v) is 5.40. The third-order valence-electron chi connectivity index (χ3n) is 3.15. The summed E-state index contributed by atoms with van der Waals surface area (Å²) in [7, 11) is 2.01. The number of aryl methyl sites for hydroxylation is 2. The van der Waals surface area contributed by atoms with Gasteiger partial charge in [0, 0.05) is 26.7 Å². The lowest BCUT2D eigenvalue weighted by Gasteiger charge is -2.21. The number of hydrogen-bond donors (Lipinski definition) is 1. The van der Waals surface area contributed by atoms with Gasteiger partial charge < -0.3 is 5.73 Å². The molecule has 0 fully saturated rings. The zero-order valence-electron chi connectivity index (χ0n) is 11.7. The molecule has 104 valence electrons. The minimum Gasteiger partial charge on any atom is -0.329 e. The first-order chi connectivity index (χ1) is 8.63. The summed E-state index contributed by atoms with van der Waals surface area (Å²) in [6, 6.07) is 0. The number of nitrogens with two attached hydrogens (primary N) is 1. The maximum atomic E-state index is 5.69. The Kier molecular flexibility index (Phi) is 6.89. The van der Waals surface area contributed by atoms with Gasteiger partial charge in [0.2, 0.25) is 0 Å². The normalized spacial score (nSPS) is 11.4. The molecular formula is C13H25BrN4. The maximum Gasteiger partial charge on any atom is 0.0767 e. The van der Waals surface area contributed by atoms with Crippen LogP contribution in [0.1, 0.15) is 38.1 Å². The van der Waals surface area contributed by atoms with Crippen LogP contribution >= 0.6 is 15.9 Å². The van der Waals surface area contributed by atoms with Gasteiger partial charge in [-0.05, 0) is 35.3 Å². The Morgan fingerprint density at radius 1 is 1.33 bits per heavy atom. The van der Waals surface area contributed by atoms with E-state index in [1.807, 2.05) is 11.7 Å². The van der Waals surface area contributed by atoms with Gasteiger partial charge in [0.05, 0.1) is 15.9 Å². The molecule has 0 spiro atoms. The van der Waals surface area contributed by atoms with Crippen LogP contribution < -0.4 is 5.73 Å². The SMILES string of the molecule is CCCCN(CCN)Cc1c(Br)c(CC)nn1C. The number of aromatic nitrogens is 2. The van der Waals surface area contributed by atoms with Gasteiger partial charge in [0.15, 0.2) is 0 Å². The highest BCUT2D eigenvalue weighted by atomic mass is 79.9. The van der Waals surface area contributed by atoms with Crippen molar-refractivity contribution < 1.29 is 0 Å². The standard InChI is InChI=1S/C13H25BrN4/c1-4-6-8-18(9-7-15)10-12-13(14)11(5-2)16-17(12)3/h4-10,15H2,1-3H3. The van der Waals surface area contributed by atoms with Crippen molar-refractivity contribution in [3.8, 4) is 0 Å². The molecule has 5 heteroatoms. The zero-order chi connectivity index (χ0) is 13.5. The molecule has 0 bridgehead atoms. The molecule has 0 aromatic carbocycles.